The Labute approximate surface area is 111 Å². The average molecular weight is 268 g/mol. The number of carbonyl (C=O) groups is 1. The molecule has 0 radical (unpaired) electrons. The summed E-state index contributed by atoms with van der Waals surface area (Å²) in [7, 11) is 0. The molecule has 3 N–H and O–H groups in total. The van der Waals surface area contributed by atoms with Gasteiger partial charge in [-0.05, 0) is 32.9 Å². The Morgan fingerprint density at radius 2 is 2.33 bits per heavy atom. The van der Waals surface area contributed by atoms with Crippen molar-refractivity contribution in [2.24, 2.45) is 11.7 Å². The van der Waals surface area contributed by atoms with Crippen molar-refractivity contribution in [3.8, 4) is 0 Å². The third-order valence-corrected chi connectivity index (χ3v) is 4.19. The lowest BCUT2D eigenvalue weighted by Gasteiger charge is -2.29. The second-order valence-electron chi connectivity index (χ2n) is 4.61. The zero-order chi connectivity index (χ0) is 13.0. The van der Waals surface area contributed by atoms with E-state index >= 15 is 0 Å². The van der Waals surface area contributed by atoms with Gasteiger partial charge in [0.2, 0.25) is 5.91 Å². The van der Waals surface area contributed by atoms with E-state index in [4.69, 9.17) is 5.73 Å². The first kappa shape index (κ1) is 13.3. The summed E-state index contributed by atoms with van der Waals surface area (Å²) in [6.07, 6.45) is 3.70. The summed E-state index contributed by atoms with van der Waals surface area (Å²) in [5, 5.41) is 4.20. The monoisotopic (exact) mass is 268 g/mol. The van der Waals surface area contributed by atoms with Crippen LogP contribution in [0, 0.1) is 5.92 Å². The minimum Gasteiger partial charge on any atom is -0.369 e. The highest BCUT2D eigenvalue weighted by molar-refractivity contribution is 7.15. The SMILES string of the molecule is CCNc1ncc(CN2CCC(C(N)=O)CC2)s1. The summed E-state index contributed by atoms with van der Waals surface area (Å²) in [6.45, 7) is 5.78. The fourth-order valence-electron chi connectivity index (χ4n) is 2.21. The van der Waals surface area contributed by atoms with Gasteiger partial charge in [0, 0.05) is 30.1 Å². The Balaban J connectivity index is 1.81. The first-order valence-electron chi connectivity index (χ1n) is 6.39. The second-order valence-corrected chi connectivity index (χ2v) is 5.73. The van der Waals surface area contributed by atoms with Gasteiger partial charge in [-0.3, -0.25) is 9.69 Å². The van der Waals surface area contributed by atoms with Gasteiger partial charge in [-0.2, -0.15) is 0 Å². The van der Waals surface area contributed by atoms with Gasteiger partial charge in [0.15, 0.2) is 5.13 Å². The number of nitrogens with two attached hydrogens (primary N) is 1. The van der Waals surface area contributed by atoms with E-state index in [1.807, 2.05) is 6.20 Å². The van der Waals surface area contributed by atoms with Crippen LogP contribution in [0.2, 0.25) is 0 Å². The predicted molar refractivity (Wildman–Crippen MR) is 73.5 cm³/mol. The fourth-order valence-corrected chi connectivity index (χ4v) is 3.13. The van der Waals surface area contributed by atoms with Gasteiger partial charge >= 0.3 is 0 Å². The zero-order valence-electron chi connectivity index (χ0n) is 10.7. The number of piperidine rings is 1. The number of hydrogen-bond acceptors (Lipinski definition) is 5. The normalized spacial score (nSPS) is 17.8. The van der Waals surface area contributed by atoms with Crippen LogP contribution < -0.4 is 11.1 Å². The number of thiazole rings is 1. The van der Waals surface area contributed by atoms with Gasteiger partial charge in [-0.15, -0.1) is 11.3 Å². The molecule has 1 aromatic rings. The molecule has 18 heavy (non-hydrogen) atoms. The van der Waals surface area contributed by atoms with Gasteiger partial charge in [-0.1, -0.05) is 0 Å². The Morgan fingerprint density at radius 3 is 2.94 bits per heavy atom. The van der Waals surface area contributed by atoms with Crippen LogP contribution in [-0.2, 0) is 11.3 Å². The van der Waals surface area contributed by atoms with E-state index in [1.54, 1.807) is 11.3 Å². The molecule has 0 bridgehead atoms. The van der Waals surface area contributed by atoms with Crippen LogP contribution in [0.5, 0.6) is 0 Å². The topological polar surface area (TPSA) is 71.2 Å². The molecule has 1 aliphatic heterocycles. The molecule has 0 atom stereocenters. The molecular weight excluding hydrogens is 248 g/mol. The van der Waals surface area contributed by atoms with Crippen LogP contribution in [0.15, 0.2) is 6.20 Å². The molecule has 0 unspecified atom stereocenters. The lowest BCUT2D eigenvalue weighted by atomic mass is 9.96. The van der Waals surface area contributed by atoms with E-state index in [-0.39, 0.29) is 11.8 Å². The first-order valence-corrected chi connectivity index (χ1v) is 7.21. The largest absolute Gasteiger partial charge is 0.369 e. The predicted octanol–water partition coefficient (Wildman–Crippen LogP) is 1.27. The maximum atomic E-state index is 11.1. The zero-order valence-corrected chi connectivity index (χ0v) is 11.5. The van der Waals surface area contributed by atoms with Crippen LogP contribution in [0.25, 0.3) is 0 Å². The number of amides is 1. The van der Waals surface area contributed by atoms with Gasteiger partial charge in [0.1, 0.15) is 0 Å². The van der Waals surface area contributed by atoms with Crippen molar-refractivity contribution in [1.82, 2.24) is 9.88 Å². The van der Waals surface area contributed by atoms with E-state index in [0.29, 0.717) is 0 Å². The molecule has 2 rings (SSSR count). The maximum Gasteiger partial charge on any atom is 0.220 e. The third kappa shape index (κ3) is 3.43. The number of likely N-dealkylation sites (tertiary alicyclic amines) is 1. The first-order chi connectivity index (χ1) is 8.69. The van der Waals surface area contributed by atoms with E-state index in [0.717, 1.165) is 44.2 Å². The van der Waals surface area contributed by atoms with Gasteiger partial charge in [-0.25, -0.2) is 4.98 Å². The van der Waals surface area contributed by atoms with E-state index in [2.05, 4.69) is 22.1 Å². The molecular formula is C12H20N4OS. The summed E-state index contributed by atoms with van der Waals surface area (Å²) in [5.74, 6) is -0.0816. The van der Waals surface area contributed by atoms with Crippen molar-refractivity contribution in [2.45, 2.75) is 26.3 Å². The molecule has 2 heterocycles. The Bertz CT molecular complexity index is 399. The highest BCUT2D eigenvalue weighted by atomic mass is 32.1. The summed E-state index contributed by atoms with van der Waals surface area (Å²) in [5.41, 5.74) is 5.33. The number of carbonyl (C=O) groups excluding carboxylic acids is 1. The molecule has 1 aromatic heterocycles. The fraction of sp³-hybridized carbons (Fsp3) is 0.667. The van der Waals surface area contributed by atoms with Crippen molar-refractivity contribution in [2.75, 3.05) is 25.0 Å². The van der Waals surface area contributed by atoms with E-state index in [9.17, 15) is 4.79 Å². The molecule has 1 amide bonds. The number of primary amides is 1. The van der Waals surface area contributed by atoms with Crippen molar-refractivity contribution in [1.29, 1.82) is 0 Å². The minimum atomic E-state index is -0.151. The second kappa shape index (κ2) is 6.15. The van der Waals surface area contributed by atoms with Crippen LogP contribution in [0.3, 0.4) is 0 Å². The number of nitrogens with one attached hydrogen (secondary N) is 1. The summed E-state index contributed by atoms with van der Waals surface area (Å²) < 4.78 is 0. The van der Waals surface area contributed by atoms with Crippen molar-refractivity contribution < 1.29 is 4.79 Å². The van der Waals surface area contributed by atoms with Crippen LogP contribution in [-0.4, -0.2) is 35.4 Å². The Kier molecular flexibility index (Phi) is 4.54. The standard InChI is InChI=1S/C12H20N4OS/c1-2-14-12-15-7-10(18-12)8-16-5-3-9(4-6-16)11(13)17/h7,9H,2-6,8H2,1H3,(H2,13,17)(H,14,15). The molecule has 0 aliphatic carbocycles. The van der Waals surface area contributed by atoms with Gasteiger partial charge in [0.05, 0.1) is 0 Å². The smallest absolute Gasteiger partial charge is 0.220 e. The highest BCUT2D eigenvalue weighted by Gasteiger charge is 2.23. The summed E-state index contributed by atoms with van der Waals surface area (Å²) in [6, 6.07) is 0. The Morgan fingerprint density at radius 1 is 1.61 bits per heavy atom. The van der Waals surface area contributed by atoms with Gasteiger partial charge in [0.25, 0.3) is 0 Å². The molecule has 100 valence electrons. The summed E-state index contributed by atoms with van der Waals surface area (Å²) >= 11 is 1.70. The number of nitrogens with zero attached hydrogens (tertiary/aromatic N) is 2. The molecule has 0 saturated carbocycles. The number of anilines is 1. The third-order valence-electron chi connectivity index (χ3n) is 3.25. The molecule has 0 spiro atoms. The molecule has 0 aromatic carbocycles. The molecule has 1 fully saturated rings. The lowest BCUT2D eigenvalue weighted by Crippen LogP contribution is -2.37. The van der Waals surface area contributed by atoms with Crippen molar-refractivity contribution >= 4 is 22.4 Å². The molecule has 1 saturated heterocycles. The minimum absolute atomic E-state index is 0.0695. The Hall–Kier alpha value is -1.14. The van der Waals surface area contributed by atoms with Crippen molar-refractivity contribution in [3.63, 3.8) is 0 Å². The van der Waals surface area contributed by atoms with E-state index in [1.165, 1.54) is 4.88 Å². The lowest BCUT2D eigenvalue weighted by molar-refractivity contribution is -0.123. The molecule has 1 aliphatic rings. The van der Waals surface area contributed by atoms with Crippen LogP contribution in [0.1, 0.15) is 24.6 Å². The van der Waals surface area contributed by atoms with Gasteiger partial charge < -0.3 is 11.1 Å². The average Bonchev–Trinajstić information content (AvgIpc) is 2.78. The number of hydrogen-bond donors (Lipinski definition) is 2. The summed E-state index contributed by atoms with van der Waals surface area (Å²) in [4.78, 5) is 19.0. The van der Waals surface area contributed by atoms with Crippen LogP contribution >= 0.6 is 11.3 Å². The van der Waals surface area contributed by atoms with Crippen LogP contribution in [0.4, 0.5) is 5.13 Å². The number of rotatable bonds is 5. The highest BCUT2D eigenvalue weighted by Crippen LogP contribution is 2.23. The van der Waals surface area contributed by atoms with E-state index < -0.39 is 0 Å². The number of aromatic nitrogens is 1. The maximum absolute atomic E-state index is 11.1. The molecule has 5 nitrogen and oxygen atoms in total. The molecule has 6 heteroatoms. The van der Waals surface area contributed by atoms with Crippen molar-refractivity contribution in [3.05, 3.63) is 11.1 Å². The quantitative estimate of drug-likeness (QED) is 0.843.